The van der Waals surface area contributed by atoms with Gasteiger partial charge in [0, 0.05) is 68.4 Å². The fourth-order valence-corrected chi connectivity index (χ4v) is 5.37. The average molecular weight is 516 g/mol. The monoisotopic (exact) mass is 515 g/mol. The molecule has 0 saturated carbocycles. The first-order valence-electron chi connectivity index (χ1n) is 12.8. The molecule has 1 fully saturated rings. The van der Waals surface area contributed by atoms with Gasteiger partial charge < -0.3 is 20.9 Å². The fraction of sp³-hybridized carbons (Fsp3) is 0.393. The van der Waals surface area contributed by atoms with Crippen LogP contribution in [0.15, 0.2) is 60.0 Å². The molecule has 10 nitrogen and oxygen atoms in total. The molecule has 198 valence electrons. The largest absolute Gasteiger partial charge is 0.361 e. The second-order valence-corrected chi connectivity index (χ2v) is 10.8. The van der Waals surface area contributed by atoms with Gasteiger partial charge >= 0.3 is 0 Å². The number of carbonyl (C=O) groups excluding carboxylic acids is 3. The number of amides is 3. The summed E-state index contributed by atoms with van der Waals surface area (Å²) in [5, 5.41) is 9.76. The highest BCUT2D eigenvalue weighted by Crippen LogP contribution is 2.38. The number of nitrogens with zero attached hydrogens (tertiary/aromatic N) is 4. The molecule has 0 bridgehead atoms. The Kier molecular flexibility index (Phi) is 6.52. The van der Waals surface area contributed by atoms with Crippen LogP contribution in [0.25, 0.3) is 10.9 Å². The number of carbonyl (C=O) groups is 3. The summed E-state index contributed by atoms with van der Waals surface area (Å²) in [7, 11) is 1.64. The summed E-state index contributed by atoms with van der Waals surface area (Å²) in [6.45, 7) is 3.77. The molecule has 2 aliphatic heterocycles. The summed E-state index contributed by atoms with van der Waals surface area (Å²) in [6.07, 6.45) is 4.64. The van der Waals surface area contributed by atoms with E-state index in [1.165, 1.54) is 5.01 Å². The molecule has 10 heteroatoms. The van der Waals surface area contributed by atoms with Crippen molar-refractivity contribution in [3.05, 3.63) is 66.1 Å². The van der Waals surface area contributed by atoms with E-state index in [1.807, 2.05) is 48.7 Å². The van der Waals surface area contributed by atoms with Crippen molar-refractivity contribution in [1.29, 1.82) is 0 Å². The third-order valence-electron chi connectivity index (χ3n) is 7.41. The molecule has 4 heterocycles. The Hall–Kier alpha value is -4.05. The molecule has 4 N–H and O–H groups in total. The van der Waals surface area contributed by atoms with Gasteiger partial charge in [0.2, 0.25) is 11.8 Å². The van der Waals surface area contributed by atoms with Crippen LogP contribution in [0.5, 0.6) is 0 Å². The molecule has 1 saturated heterocycles. The fourth-order valence-electron chi connectivity index (χ4n) is 5.37. The predicted octanol–water partition coefficient (Wildman–Crippen LogP) is 1.62. The first kappa shape index (κ1) is 25.6. The number of fused-ring (bicyclic) bond motifs is 2. The standard InChI is InChI=1S/C28H33N7O3/c1-27(2,29)25(37)32-22(14-18-16-31-21-10-5-4-9-20(18)21)24(36)35-13-11-23-28(17-35,26(38)34(3)33-23)15-19-8-6-7-12-30-19/h4-10,12,16,22,31H,11,13-15,17,29H2,1-3H3,(H,32,37)/t22-,28?/m1/s1. The Balaban J connectivity index is 1.45. The second kappa shape index (κ2) is 9.68. The van der Waals surface area contributed by atoms with Crippen LogP contribution in [0.1, 0.15) is 31.5 Å². The molecular weight excluding hydrogens is 482 g/mol. The Labute approximate surface area is 221 Å². The summed E-state index contributed by atoms with van der Waals surface area (Å²) in [5.74, 6) is -0.833. The summed E-state index contributed by atoms with van der Waals surface area (Å²) in [6, 6.07) is 12.5. The lowest BCUT2D eigenvalue weighted by Gasteiger charge is -2.40. The van der Waals surface area contributed by atoms with Gasteiger partial charge in [0.05, 0.1) is 11.3 Å². The van der Waals surface area contributed by atoms with E-state index >= 15 is 0 Å². The van der Waals surface area contributed by atoms with Gasteiger partial charge in [0.25, 0.3) is 5.91 Å². The minimum atomic E-state index is -1.16. The van der Waals surface area contributed by atoms with Crippen LogP contribution in [-0.4, -0.2) is 75.0 Å². The van der Waals surface area contributed by atoms with E-state index in [2.05, 4.69) is 20.4 Å². The number of hydrogen-bond donors (Lipinski definition) is 3. The third kappa shape index (κ3) is 4.67. The number of benzene rings is 1. The van der Waals surface area contributed by atoms with Crippen molar-refractivity contribution in [3.63, 3.8) is 0 Å². The van der Waals surface area contributed by atoms with E-state index in [9.17, 15) is 14.4 Å². The highest BCUT2D eigenvalue weighted by atomic mass is 16.2. The number of piperidine rings is 1. The number of rotatable bonds is 7. The number of para-hydroxylation sites is 1. The summed E-state index contributed by atoms with van der Waals surface area (Å²) >= 11 is 0. The van der Waals surface area contributed by atoms with E-state index in [1.54, 1.807) is 32.0 Å². The normalized spacial score (nSPS) is 20.3. The van der Waals surface area contributed by atoms with Gasteiger partial charge in [-0.15, -0.1) is 0 Å². The van der Waals surface area contributed by atoms with Gasteiger partial charge in [0.1, 0.15) is 11.5 Å². The number of hydrazone groups is 1. The van der Waals surface area contributed by atoms with Crippen LogP contribution in [0.4, 0.5) is 0 Å². The molecule has 1 unspecified atom stereocenters. The van der Waals surface area contributed by atoms with Gasteiger partial charge in [-0.25, -0.2) is 5.01 Å². The molecule has 0 aliphatic carbocycles. The lowest BCUT2D eigenvalue weighted by atomic mass is 9.74. The SMILES string of the molecule is CN1N=C2CCN(C(=O)[C@@H](Cc3c[nH]c4ccccc34)NC(=O)C(C)(C)N)CC2(Cc2ccccn2)C1=O. The topological polar surface area (TPSA) is 137 Å². The Morgan fingerprint density at radius 3 is 2.71 bits per heavy atom. The third-order valence-corrected chi connectivity index (χ3v) is 7.41. The van der Waals surface area contributed by atoms with Gasteiger partial charge in [-0.2, -0.15) is 5.10 Å². The van der Waals surface area contributed by atoms with Crippen LogP contribution in [0, 0.1) is 5.41 Å². The number of nitrogens with two attached hydrogens (primary N) is 1. The van der Waals surface area contributed by atoms with Crippen molar-refractivity contribution in [1.82, 2.24) is 25.2 Å². The zero-order valence-corrected chi connectivity index (χ0v) is 21.9. The Bertz CT molecular complexity index is 1410. The van der Waals surface area contributed by atoms with E-state index in [4.69, 9.17) is 5.73 Å². The van der Waals surface area contributed by atoms with Crippen molar-refractivity contribution >= 4 is 34.3 Å². The van der Waals surface area contributed by atoms with Crippen molar-refractivity contribution in [2.45, 2.75) is 44.7 Å². The zero-order chi connectivity index (χ0) is 27.1. The van der Waals surface area contributed by atoms with Crippen molar-refractivity contribution in [2.75, 3.05) is 20.1 Å². The molecular formula is C28H33N7O3. The van der Waals surface area contributed by atoms with E-state index < -0.39 is 22.9 Å². The highest BCUT2D eigenvalue weighted by molar-refractivity contribution is 6.13. The number of aromatic amines is 1. The molecule has 2 atom stereocenters. The smallest absolute Gasteiger partial charge is 0.256 e. The number of hydrogen-bond acceptors (Lipinski definition) is 6. The average Bonchev–Trinajstić information content (AvgIpc) is 3.41. The lowest BCUT2D eigenvalue weighted by Crippen LogP contribution is -2.61. The first-order valence-corrected chi connectivity index (χ1v) is 12.8. The molecule has 5 rings (SSSR count). The summed E-state index contributed by atoms with van der Waals surface area (Å²) < 4.78 is 0. The van der Waals surface area contributed by atoms with Crippen molar-refractivity contribution in [2.24, 2.45) is 16.3 Å². The quantitative estimate of drug-likeness (QED) is 0.439. The zero-order valence-electron chi connectivity index (χ0n) is 21.9. The van der Waals surface area contributed by atoms with E-state index in [-0.39, 0.29) is 24.8 Å². The number of aromatic nitrogens is 2. The molecule has 0 spiro atoms. The van der Waals surface area contributed by atoms with Crippen LogP contribution in [0.2, 0.25) is 0 Å². The van der Waals surface area contributed by atoms with Crippen LogP contribution >= 0.6 is 0 Å². The molecule has 1 aromatic carbocycles. The summed E-state index contributed by atoms with van der Waals surface area (Å²) in [5.41, 5.74) is 7.30. The van der Waals surface area contributed by atoms with Crippen LogP contribution in [0.3, 0.4) is 0 Å². The molecule has 2 aliphatic rings. The van der Waals surface area contributed by atoms with Crippen LogP contribution in [-0.2, 0) is 27.2 Å². The molecule has 0 radical (unpaired) electrons. The molecule has 3 aromatic rings. The van der Waals surface area contributed by atoms with Crippen LogP contribution < -0.4 is 11.1 Å². The van der Waals surface area contributed by atoms with E-state index in [0.29, 0.717) is 19.4 Å². The Morgan fingerprint density at radius 1 is 1.21 bits per heavy atom. The maximum atomic E-state index is 14.1. The Morgan fingerprint density at radius 2 is 1.97 bits per heavy atom. The number of H-pyrrole nitrogens is 1. The van der Waals surface area contributed by atoms with Gasteiger partial charge in [0.15, 0.2) is 0 Å². The first-order chi connectivity index (χ1) is 18.1. The molecule has 3 amide bonds. The van der Waals surface area contributed by atoms with Gasteiger partial charge in [-0.05, 0) is 37.6 Å². The van der Waals surface area contributed by atoms with Crippen molar-refractivity contribution in [3.8, 4) is 0 Å². The minimum absolute atomic E-state index is 0.157. The lowest BCUT2D eigenvalue weighted by molar-refractivity contribution is -0.142. The second-order valence-electron chi connectivity index (χ2n) is 10.8. The number of nitrogens with one attached hydrogen (secondary N) is 2. The maximum absolute atomic E-state index is 14.1. The minimum Gasteiger partial charge on any atom is -0.361 e. The van der Waals surface area contributed by atoms with Crippen molar-refractivity contribution < 1.29 is 14.4 Å². The molecule has 2 aromatic heterocycles. The summed E-state index contributed by atoms with van der Waals surface area (Å²) in [4.78, 5) is 49.8. The van der Waals surface area contributed by atoms with E-state index in [0.717, 1.165) is 27.9 Å². The van der Waals surface area contributed by atoms with Gasteiger partial charge in [-0.1, -0.05) is 24.3 Å². The van der Waals surface area contributed by atoms with Gasteiger partial charge in [-0.3, -0.25) is 19.4 Å². The number of pyridine rings is 1. The molecule has 38 heavy (non-hydrogen) atoms. The predicted molar refractivity (Wildman–Crippen MR) is 144 cm³/mol. The maximum Gasteiger partial charge on any atom is 0.256 e. The number of likely N-dealkylation sites (tertiary alicyclic amines) is 1. The highest BCUT2D eigenvalue weighted by Gasteiger charge is 2.54.